The topological polar surface area (TPSA) is 118 Å². The lowest BCUT2D eigenvalue weighted by atomic mass is 9.84. The van der Waals surface area contributed by atoms with Crippen molar-refractivity contribution >= 4 is 17.2 Å². The first-order valence-electron chi connectivity index (χ1n) is 11.7. The summed E-state index contributed by atoms with van der Waals surface area (Å²) in [6.45, 7) is 5.33. The highest BCUT2D eigenvalue weighted by Gasteiger charge is 2.47. The van der Waals surface area contributed by atoms with E-state index >= 15 is 0 Å². The van der Waals surface area contributed by atoms with E-state index in [1.165, 1.54) is 6.20 Å². The summed E-state index contributed by atoms with van der Waals surface area (Å²) < 4.78 is 14.1. The molecule has 1 aliphatic heterocycles. The largest absolute Gasteiger partial charge is 0.488 e. The number of hydrogen-bond acceptors (Lipinski definition) is 7. The molecule has 9 heteroatoms. The Bertz CT molecular complexity index is 1230. The number of carbonyl (C=O) groups excluding carboxylic acids is 1. The van der Waals surface area contributed by atoms with Crippen LogP contribution in [-0.4, -0.2) is 54.1 Å². The summed E-state index contributed by atoms with van der Waals surface area (Å²) in [5.74, 6) is 0.783. The van der Waals surface area contributed by atoms with Crippen LogP contribution in [0.4, 0.5) is 5.69 Å². The molecule has 3 N–H and O–H groups in total. The van der Waals surface area contributed by atoms with Crippen molar-refractivity contribution in [3.63, 3.8) is 0 Å². The van der Waals surface area contributed by atoms with Gasteiger partial charge >= 0.3 is 0 Å². The molecule has 0 spiro atoms. The Kier molecular flexibility index (Phi) is 5.49. The van der Waals surface area contributed by atoms with E-state index in [0.29, 0.717) is 47.7 Å². The number of rotatable bonds is 5. The molecule has 1 aliphatic carbocycles. The predicted octanol–water partition coefficient (Wildman–Crippen LogP) is 3.13. The van der Waals surface area contributed by atoms with E-state index in [-0.39, 0.29) is 18.1 Å². The van der Waals surface area contributed by atoms with E-state index < -0.39 is 11.2 Å². The fourth-order valence-corrected chi connectivity index (χ4v) is 4.54. The Balaban J connectivity index is 1.47. The molecule has 5 rings (SSSR count). The number of anilines is 1. The van der Waals surface area contributed by atoms with Gasteiger partial charge < -0.3 is 25.0 Å². The molecule has 34 heavy (non-hydrogen) atoms. The summed E-state index contributed by atoms with van der Waals surface area (Å²) in [6, 6.07) is 5.40. The van der Waals surface area contributed by atoms with Gasteiger partial charge in [-0.15, -0.1) is 0 Å². The third-order valence-electron chi connectivity index (χ3n) is 7.03. The minimum Gasteiger partial charge on any atom is -0.488 e. The monoisotopic (exact) mass is 466 g/mol. The highest BCUT2D eigenvalue weighted by atomic mass is 16.5. The molecule has 1 amide bonds. The third kappa shape index (κ3) is 4.10. The second-order valence-corrected chi connectivity index (χ2v) is 9.97. The molecule has 180 valence electrons. The number of ether oxygens (including phenoxy) is 2. The fourth-order valence-electron chi connectivity index (χ4n) is 4.54. The number of aliphatic hydroxyl groups is 2. The maximum atomic E-state index is 13.2. The van der Waals surface area contributed by atoms with Crippen molar-refractivity contribution in [3.05, 3.63) is 47.9 Å². The van der Waals surface area contributed by atoms with E-state index in [1.54, 1.807) is 42.9 Å². The van der Waals surface area contributed by atoms with Crippen molar-refractivity contribution in [2.45, 2.75) is 76.3 Å². The van der Waals surface area contributed by atoms with Gasteiger partial charge in [0, 0.05) is 30.4 Å². The summed E-state index contributed by atoms with van der Waals surface area (Å²) in [4.78, 5) is 17.5. The minimum atomic E-state index is -1.07. The van der Waals surface area contributed by atoms with Crippen LogP contribution < -0.4 is 14.8 Å². The number of benzene rings is 1. The summed E-state index contributed by atoms with van der Waals surface area (Å²) in [5.41, 5.74) is 0.335. The van der Waals surface area contributed by atoms with Gasteiger partial charge in [-0.25, -0.2) is 9.50 Å². The number of hydrogen-bond donors (Lipinski definition) is 3. The summed E-state index contributed by atoms with van der Waals surface area (Å²) in [6.07, 6.45) is 7.77. The average Bonchev–Trinajstić information content (AvgIpc) is 3.36. The molecule has 2 aromatic heterocycles. The molecule has 9 nitrogen and oxygen atoms in total. The molecular formula is C25H30N4O5. The maximum Gasteiger partial charge on any atom is 0.261 e. The number of aromatic nitrogens is 3. The molecule has 0 unspecified atom stereocenters. The van der Waals surface area contributed by atoms with Crippen LogP contribution in [0.25, 0.3) is 5.65 Å². The van der Waals surface area contributed by atoms with Gasteiger partial charge in [-0.2, -0.15) is 5.10 Å². The Morgan fingerprint density at radius 2 is 2.06 bits per heavy atom. The Morgan fingerprint density at radius 1 is 1.29 bits per heavy atom. The van der Waals surface area contributed by atoms with E-state index in [4.69, 9.17) is 9.47 Å². The molecule has 1 aromatic carbocycles. The molecule has 2 aliphatic rings. The summed E-state index contributed by atoms with van der Waals surface area (Å²) in [7, 11) is 0. The van der Waals surface area contributed by atoms with Gasteiger partial charge in [0.1, 0.15) is 22.7 Å². The van der Waals surface area contributed by atoms with Gasteiger partial charge in [0.05, 0.1) is 29.7 Å². The predicted molar refractivity (Wildman–Crippen MR) is 125 cm³/mol. The number of aliphatic hydroxyl groups excluding tert-OH is 1. The summed E-state index contributed by atoms with van der Waals surface area (Å²) in [5, 5.41) is 27.7. The quantitative estimate of drug-likeness (QED) is 0.529. The zero-order chi connectivity index (χ0) is 24.1. The van der Waals surface area contributed by atoms with Gasteiger partial charge in [-0.05, 0) is 58.6 Å². The first kappa shape index (κ1) is 22.6. The second-order valence-electron chi connectivity index (χ2n) is 9.97. The van der Waals surface area contributed by atoms with E-state index in [9.17, 15) is 15.0 Å². The van der Waals surface area contributed by atoms with Gasteiger partial charge in [0.2, 0.25) is 0 Å². The number of nitrogens with zero attached hydrogens (tertiary/aromatic N) is 3. The van der Waals surface area contributed by atoms with Crippen LogP contribution in [0.2, 0.25) is 0 Å². The van der Waals surface area contributed by atoms with Crippen molar-refractivity contribution in [3.8, 4) is 11.5 Å². The summed E-state index contributed by atoms with van der Waals surface area (Å²) >= 11 is 0. The Hall–Kier alpha value is -3.17. The lowest BCUT2D eigenvalue weighted by Crippen LogP contribution is -2.51. The van der Waals surface area contributed by atoms with Crippen molar-refractivity contribution in [2.75, 3.05) is 5.32 Å². The Morgan fingerprint density at radius 3 is 2.79 bits per heavy atom. The van der Waals surface area contributed by atoms with Crippen molar-refractivity contribution < 1.29 is 24.5 Å². The van der Waals surface area contributed by atoms with Crippen LogP contribution in [0.1, 0.15) is 62.4 Å². The highest BCUT2D eigenvalue weighted by molar-refractivity contribution is 6.08. The molecule has 0 radical (unpaired) electrons. The van der Waals surface area contributed by atoms with Gasteiger partial charge in [0.25, 0.3) is 5.91 Å². The van der Waals surface area contributed by atoms with Crippen LogP contribution in [0.5, 0.6) is 11.5 Å². The Labute approximate surface area is 197 Å². The SMILES string of the molecule is CC(C)(O)[C@]1(C)Cc2cc(NC(=O)c3cnn4cccnc34)c(O[C@H]3CC[C@H](O)CC3)cc2O1. The number of amides is 1. The number of carbonyl (C=O) groups is 1. The van der Waals surface area contributed by atoms with E-state index in [2.05, 4.69) is 15.4 Å². The number of fused-ring (bicyclic) bond motifs is 2. The van der Waals surface area contributed by atoms with Crippen molar-refractivity contribution in [2.24, 2.45) is 0 Å². The normalized spacial score (nSPS) is 24.5. The van der Waals surface area contributed by atoms with Gasteiger partial charge in [-0.1, -0.05) is 0 Å². The molecule has 0 saturated heterocycles. The molecular weight excluding hydrogens is 436 g/mol. The molecule has 1 fully saturated rings. The lowest BCUT2D eigenvalue weighted by Gasteiger charge is -2.36. The van der Waals surface area contributed by atoms with E-state index in [1.807, 2.05) is 13.0 Å². The molecule has 1 saturated carbocycles. The van der Waals surface area contributed by atoms with Crippen molar-refractivity contribution in [1.82, 2.24) is 14.6 Å². The fraction of sp³-hybridized carbons (Fsp3) is 0.480. The zero-order valence-corrected chi connectivity index (χ0v) is 19.6. The molecule has 0 bridgehead atoms. The first-order valence-corrected chi connectivity index (χ1v) is 11.7. The average molecular weight is 467 g/mol. The zero-order valence-electron chi connectivity index (χ0n) is 19.6. The van der Waals surface area contributed by atoms with Crippen LogP contribution in [0, 0.1) is 0 Å². The highest BCUT2D eigenvalue weighted by Crippen LogP contribution is 2.45. The van der Waals surface area contributed by atoms with Crippen molar-refractivity contribution in [1.29, 1.82) is 0 Å². The lowest BCUT2D eigenvalue weighted by molar-refractivity contribution is -0.0900. The third-order valence-corrected chi connectivity index (χ3v) is 7.03. The van der Waals surface area contributed by atoms with Crippen LogP contribution >= 0.6 is 0 Å². The van der Waals surface area contributed by atoms with Crippen LogP contribution in [0.15, 0.2) is 36.8 Å². The standard InChI is InChI=1S/C25H30N4O5/c1-24(2,32)25(3)13-15-11-19(28-23(31)18-14-27-29-10-4-9-26-22(18)29)21(12-20(15)34-25)33-17-7-5-16(30)6-8-17/h4,9-12,14,16-17,30,32H,5-8,13H2,1-3H3,(H,28,31)/t16-,17-,25-/m0/s1. The molecule has 3 heterocycles. The van der Waals surface area contributed by atoms with Crippen LogP contribution in [0.3, 0.4) is 0 Å². The maximum absolute atomic E-state index is 13.2. The van der Waals surface area contributed by atoms with Gasteiger partial charge in [0.15, 0.2) is 5.65 Å². The van der Waals surface area contributed by atoms with E-state index in [0.717, 1.165) is 18.4 Å². The minimum absolute atomic E-state index is 0.0715. The smallest absolute Gasteiger partial charge is 0.261 e. The molecule has 3 aromatic rings. The molecule has 1 atom stereocenters. The van der Waals surface area contributed by atoms with Gasteiger partial charge in [-0.3, -0.25) is 4.79 Å². The van der Waals surface area contributed by atoms with Crippen LogP contribution in [-0.2, 0) is 6.42 Å². The second kappa shape index (κ2) is 8.25. The number of nitrogens with one attached hydrogen (secondary N) is 1. The first-order chi connectivity index (χ1) is 16.1.